The second kappa shape index (κ2) is 5.56. The maximum absolute atomic E-state index is 11.2. The van der Waals surface area contributed by atoms with E-state index in [0.717, 1.165) is 18.4 Å². The minimum atomic E-state index is -0.854. The van der Waals surface area contributed by atoms with Crippen LogP contribution < -0.4 is 9.47 Å². The number of ether oxygens (including phenoxy) is 2. The summed E-state index contributed by atoms with van der Waals surface area (Å²) >= 11 is 6.16. The molecule has 6 heteroatoms. The predicted molar refractivity (Wildman–Crippen MR) is 75.5 cm³/mol. The number of carbonyl (C=O) groups is 2. The summed E-state index contributed by atoms with van der Waals surface area (Å²) in [5.41, 5.74) is 1.00. The van der Waals surface area contributed by atoms with Crippen LogP contribution in [0.5, 0.6) is 11.5 Å². The van der Waals surface area contributed by atoms with Crippen LogP contribution >= 0.6 is 11.6 Å². The van der Waals surface area contributed by atoms with Gasteiger partial charge in [0.15, 0.2) is 17.8 Å². The Morgan fingerprint density at radius 3 is 2.62 bits per heavy atom. The Bertz CT molecular complexity index is 594. The molecular weight excluding hydrogens is 296 g/mol. The number of aliphatic carboxylic acids is 1. The molecule has 0 radical (unpaired) electrons. The van der Waals surface area contributed by atoms with Crippen LogP contribution in [0.3, 0.4) is 0 Å². The van der Waals surface area contributed by atoms with Gasteiger partial charge in [-0.05, 0) is 24.8 Å². The first-order valence-electron chi connectivity index (χ1n) is 6.90. The van der Waals surface area contributed by atoms with Crippen molar-refractivity contribution in [1.29, 1.82) is 0 Å². The Morgan fingerprint density at radius 2 is 2.05 bits per heavy atom. The summed E-state index contributed by atoms with van der Waals surface area (Å²) < 4.78 is 11.2. The fraction of sp³-hybridized carbons (Fsp3) is 0.467. The zero-order valence-corrected chi connectivity index (χ0v) is 12.1. The molecule has 1 saturated carbocycles. The summed E-state index contributed by atoms with van der Waals surface area (Å²) in [4.78, 5) is 22.3. The van der Waals surface area contributed by atoms with E-state index < -0.39 is 5.97 Å². The van der Waals surface area contributed by atoms with Gasteiger partial charge in [0.1, 0.15) is 13.2 Å². The number of carboxylic acid groups (broad SMARTS) is 1. The lowest BCUT2D eigenvalue weighted by Crippen LogP contribution is -2.20. The minimum Gasteiger partial charge on any atom is -0.486 e. The van der Waals surface area contributed by atoms with Crippen LogP contribution in [0.15, 0.2) is 6.07 Å². The second-order valence-corrected chi connectivity index (χ2v) is 5.78. The van der Waals surface area contributed by atoms with Crippen LogP contribution in [0.25, 0.3) is 0 Å². The lowest BCUT2D eigenvalue weighted by atomic mass is 9.89. The van der Waals surface area contributed by atoms with Crippen molar-refractivity contribution in [2.45, 2.75) is 25.2 Å². The van der Waals surface area contributed by atoms with Gasteiger partial charge in [-0.25, -0.2) is 0 Å². The second-order valence-electron chi connectivity index (χ2n) is 5.38. The van der Waals surface area contributed by atoms with Crippen molar-refractivity contribution in [1.82, 2.24) is 0 Å². The van der Waals surface area contributed by atoms with E-state index in [-0.39, 0.29) is 22.9 Å². The van der Waals surface area contributed by atoms with E-state index in [1.54, 1.807) is 6.07 Å². The Labute approximate surface area is 126 Å². The van der Waals surface area contributed by atoms with Gasteiger partial charge in [-0.1, -0.05) is 11.6 Å². The molecule has 0 bridgehead atoms. The molecule has 0 amide bonds. The summed E-state index contributed by atoms with van der Waals surface area (Å²) in [7, 11) is 0. The Hall–Kier alpha value is -1.75. The zero-order chi connectivity index (χ0) is 15.0. The molecule has 1 aromatic carbocycles. The molecule has 0 saturated heterocycles. The topological polar surface area (TPSA) is 72.8 Å². The van der Waals surface area contributed by atoms with Crippen molar-refractivity contribution in [3.63, 3.8) is 0 Å². The number of carboxylic acids is 1. The van der Waals surface area contributed by atoms with Gasteiger partial charge in [0.05, 0.1) is 17.0 Å². The smallest absolute Gasteiger partial charge is 0.303 e. The predicted octanol–water partition coefficient (Wildman–Crippen LogP) is 2.89. The summed E-state index contributed by atoms with van der Waals surface area (Å²) in [6.45, 7) is 0.727. The van der Waals surface area contributed by atoms with Gasteiger partial charge < -0.3 is 14.6 Å². The molecule has 21 heavy (non-hydrogen) atoms. The average molecular weight is 311 g/mol. The third kappa shape index (κ3) is 2.70. The van der Waals surface area contributed by atoms with Crippen LogP contribution in [-0.4, -0.2) is 30.6 Å². The number of halogens is 1. The first kappa shape index (κ1) is 14.2. The molecule has 2 aliphatic rings. The summed E-state index contributed by atoms with van der Waals surface area (Å²) in [6, 6.07) is 1.66. The van der Waals surface area contributed by atoms with E-state index in [9.17, 15) is 9.59 Å². The number of rotatable bonds is 5. The molecule has 1 aromatic rings. The van der Waals surface area contributed by atoms with E-state index in [1.165, 1.54) is 0 Å². The number of aldehydes is 1. The highest BCUT2D eigenvalue weighted by Crippen LogP contribution is 2.51. The average Bonchev–Trinajstić information content (AvgIpc) is 3.28. The summed E-state index contributed by atoms with van der Waals surface area (Å²) in [5.74, 6) is 0.138. The van der Waals surface area contributed by atoms with Gasteiger partial charge in [-0.2, -0.15) is 0 Å². The molecule has 1 unspecified atom stereocenters. The third-order valence-corrected chi connectivity index (χ3v) is 4.24. The third-order valence-electron chi connectivity index (χ3n) is 3.93. The van der Waals surface area contributed by atoms with Gasteiger partial charge in [-0.3, -0.25) is 9.59 Å². The van der Waals surface area contributed by atoms with E-state index in [1.807, 2.05) is 0 Å². The van der Waals surface area contributed by atoms with Crippen LogP contribution in [-0.2, 0) is 4.79 Å². The molecule has 1 fully saturated rings. The normalized spacial score (nSPS) is 18.1. The SMILES string of the molecule is O=Cc1c(Cl)cc(C(CC(=O)O)C2CC2)c2c1OCCO2. The van der Waals surface area contributed by atoms with E-state index in [0.29, 0.717) is 36.9 Å². The lowest BCUT2D eigenvalue weighted by molar-refractivity contribution is -0.137. The quantitative estimate of drug-likeness (QED) is 0.847. The first-order chi connectivity index (χ1) is 10.1. The highest BCUT2D eigenvalue weighted by Gasteiger charge is 2.37. The highest BCUT2D eigenvalue weighted by atomic mass is 35.5. The summed E-state index contributed by atoms with van der Waals surface area (Å²) in [5, 5.41) is 9.41. The van der Waals surface area contributed by atoms with E-state index in [2.05, 4.69) is 0 Å². The van der Waals surface area contributed by atoms with Crippen LogP contribution in [0.2, 0.25) is 5.02 Å². The molecule has 5 nitrogen and oxygen atoms in total. The van der Waals surface area contributed by atoms with Gasteiger partial charge in [0.25, 0.3) is 0 Å². The maximum Gasteiger partial charge on any atom is 0.303 e. The lowest BCUT2D eigenvalue weighted by Gasteiger charge is -2.26. The number of benzene rings is 1. The molecule has 0 spiro atoms. The van der Waals surface area contributed by atoms with Gasteiger partial charge >= 0.3 is 5.97 Å². The van der Waals surface area contributed by atoms with Gasteiger partial charge in [0.2, 0.25) is 0 Å². The van der Waals surface area contributed by atoms with Crippen molar-refractivity contribution in [3.8, 4) is 11.5 Å². The van der Waals surface area contributed by atoms with Gasteiger partial charge in [0, 0.05) is 11.5 Å². The van der Waals surface area contributed by atoms with Crippen molar-refractivity contribution in [2.75, 3.05) is 13.2 Å². The molecule has 1 atom stereocenters. The number of fused-ring (bicyclic) bond motifs is 1. The maximum atomic E-state index is 11.2. The Morgan fingerprint density at radius 1 is 1.38 bits per heavy atom. The fourth-order valence-electron chi connectivity index (χ4n) is 2.82. The molecule has 0 aromatic heterocycles. The van der Waals surface area contributed by atoms with E-state index in [4.69, 9.17) is 26.2 Å². The van der Waals surface area contributed by atoms with Crippen molar-refractivity contribution in [3.05, 3.63) is 22.2 Å². The van der Waals surface area contributed by atoms with Crippen LogP contribution in [0.1, 0.15) is 41.1 Å². The number of hydrogen-bond acceptors (Lipinski definition) is 4. The zero-order valence-electron chi connectivity index (χ0n) is 11.3. The van der Waals surface area contributed by atoms with Crippen molar-refractivity contribution in [2.24, 2.45) is 5.92 Å². The highest BCUT2D eigenvalue weighted by molar-refractivity contribution is 6.33. The fourth-order valence-corrected chi connectivity index (χ4v) is 3.07. The monoisotopic (exact) mass is 310 g/mol. The number of carbonyl (C=O) groups excluding carboxylic acids is 1. The molecule has 3 rings (SSSR count). The summed E-state index contributed by atoms with van der Waals surface area (Å²) in [6.07, 6.45) is 2.67. The van der Waals surface area contributed by atoms with Crippen LogP contribution in [0, 0.1) is 5.92 Å². The first-order valence-corrected chi connectivity index (χ1v) is 7.28. The molecule has 112 valence electrons. The molecule has 1 aliphatic heterocycles. The number of hydrogen-bond donors (Lipinski definition) is 1. The largest absolute Gasteiger partial charge is 0.486 e. The Kier molecular flexibility index (Phi) is 3.76. The molecular formula is C15H15ClO5. The molecule has 1 N–H and O–H groups in total. The van der Waals surface area contributed by atoms with Crippen LogP contribution in [0.4, 0.5) is 0 Å². The van der Waals surface area contributed by atoms with Crippen molar-refractivity contribution < 1.29 is 24.2 Å². The molecule has 1 heterocycles. The standard InChI is InChI=1S/C15H15ClO5/c16-12-5-10(9(6-13(18)19)8-1-2-8)14-15(11(12)7-17)21-4-3-20-14/h5,7-9H,1-4,6H2,(H,18,19). The van der Waals surface area contributed by atoms with Crippen molar-refractivity contribution >= 4 is 23.9 Å². The minimum absolute atomic E-state index is 0.0250. The van der Waals surface area contributed by atoms with E-state index >= 15 is 0 Å². The van der Waals surface area contributed by atoms with Gasteiger partial charge in [-0.15, -0.1) is 0 Å². The molecule has 1 aliphatic carbocycles. The Balaban J connectivity index is 2.10.